The van der Waals surface area contributed by atoms with Crippen LogP contribution in [0.1, 0.15) is 5.56 Å². The predicted octanol–water partition coefficient (Wildman–Crippen LogP) is -0.892. The standard InChI is InChI=1S/C15H17N5O7S/c1-9-6-20(15(24)19-13(9)22)7-12(21)17-10-2-4-11(5-3-10)18-14(23)16-8-28(25,26)27/h2-6H,7-8H2,1H3,(H,17,21)(H2,16,18,23)(H,19,22,24)(H,25,26,27)/p-1. The van der Waals surface area contributed by atoms with Crippen LogP contribution < -0.4 is 27.2 Å². The highest BCUT2D eigenvalue weighted by Crippen LogP contribution is 2.13. The summed E-state index contributed by atoms with van der Waals surface area (Å²) in [7, 11) is -4.58. The lowest BCUT2D eigenvalue weighted by Gasteiger charge is -2.11. The Morgan fingerprint density at radius 3 is 2.25 bits per heavy atom. The highest BCUT2D eigenvalue weighted by molar-refractivity contribution is 7.85. The van der Waals surface area contributed by atoms with E-state index in [1.807, 2.05) is 5.32 Å². The number of carbonyl (C=O) groups is 2. The molecule has 2 rings (SSSR count). The second kappa shape index (κ2) is 8.49. The summed E-state index contributed by atoms with van der Waals surface area (Å²) in [6.45, 7) is 1.18. The predicted molar refractivity (Wildman–Crippen MR) is 97.9 cm³/mol. The van der Waals surface area contributed by atoms with Crippen LogP contribution in [0.15, 0.2) is 40.1 Å². The number of urea groups is 1. The maximum absolute atomic E-state index is 12.0. The number of aromatic amines is 1. The minimum absolute atomic E-state index is 0.283. The van der Waals surface area contributed by atoms with Crippen molar-refractivity contribution in [3.63, 3.8) is 0 Å². The van der Waals surface area contributed by atoms with E-state index in [0.717, 1.165) is 4.57 Å². The third-order valence-corrected chi connectivity index (χ3v) is 3.84. The summed E-state index contributed by atoms with van der Waals surface area (Å²) in [5.74, 6) is -1.57. The smallest absolute Gasteiger partial charge is 0.328 e. The molecule has 4 N–H and O–H groups in total. The van der Waals surface area contributed by atoms with Crippen molar-refractivity contribution in [3.05, 3.63) is 56.9 Å². The first-order chi connectivity index (χ1) is 13.0. The first-order valence-corrected chi connectivity index (χ1v) is 9.30. The fourth-order valence-electron chi connectivity index (χ4n) is 2.06. The Morgan fingerprint density at radius 2 is 1.68 bits per heavy atom. The number of carbonyl (C=O) groups excluding carboxylic acids is 2. The molecule has 0 aliphatic carbocycles. The number of hydrogen-bond acceptors (Lipinski definition) is 7. The van der Waals surface area contributed by atoms with Crippen LogP contribution in [0.3, 0.4) is 0 Å². The van der Waals surface area contributed by atoms with Gasteiger partial charge >= 0.3 is 11.7 Å². The van der Waals surface area contributed by atoms with Crippen molar-refractivity contribution in [1.29, 1.82) is 0 Å². The zero-order chi connectivity index (χ0) is 20.9. The van der Waals surface area contributed by atoms with Crippen LogP contribution in [0, 0.1) is 6.92 Å². The monoisotopic (exact) mass is 410 g/mol. The second-order valence-corrected chi connectivity index (χ2v) is 7.06. The molecule has 0 aliphatic heterocycles. The molecule has 0 atom stereocenters. The van der Waals surface area contributed by atoms with Gasteiger partial charge in [0, 0.05) is 23.1 Å². The average Bonchev–Trinajstić information content (AvgIpc) is 2.59. The lowest BCUT2D eigenvalue weighted by molar-refractivity contribution is -0.116. The van der Waals surface area contributed by atoms with Crippen molar-refractivity contribution >= 4 is 33.4 Å². The van der Waals surface area contributed by atoms with E-state index < -0.39 is 39.2 Å². The number of hydrogen-bond donors (Lipinski definition) is 4. The third kappa shape index (κ3) is 6.37. The van der Waals surface area contributed by atoms with Crippen molar-refractivity contribution < 1.29 is 22.6 Å². The third-order valence-electron chi connectivity index (χ3n) is 3.34. The van der Waals surface area contributed by atoms with Gasteiger partial charge in [0.2, 0.25) is 5.91 Å². The minimum Gasteiger partial charge on any atom is -0.747 e. The van der Waals surface area contributed by atoms with E-state index in [9.17, 15) is 32.1 Å². The van der Waals surface area contributed by atoms with Gasteiger partial charge in [-0.25, -0.2) is 18.0 Å². The van der Waals surface area contributed by atoms with Gasteiger partial charge in [-0.3, -0.25) is 19.1 Å². The van der Waals surface area contributed by atoms with Crippen LogP contribution in [0.5, 0.6) is 0 Å². The van der Waals surface area contributed by atoms with E-state index >= 15 is 0 Å². The van der Waals surface area contributed by atoms with E-state index in [0.29, 0.717) is 5.69 Å². The fraction of sp³-hybridized carbons (Fsp3) is 0.200. The molecule has 0 bridgehead atoms. The van der Waals surface area contributed by atoms with Crippen molar-refractivity contribution in [2.75, 3.05) is 16.5 Å². The Hall–Kier alpha value is -3.45. The van der Waals surface area contributed by atoms with Crippen molar-refractivity contribution in [1.82, 2.24) is 14.9 Å². The molecule has 0 fully saturated rings. The number of benzene rings is 1. The molecule has 0 radical (unpaired) electrons. The van der Waals surface area contributed by atoms with E-state index in [4.69, 9.17) is 0 Å². The molecule has 12 nitrogen and oxygen atoms in total. The molecule has 0 unspecified atom stereocenters. The number of nitrogens with zero attached hydrogens (tertiary/aromatic N) is 1. The first-order valence-electron chi connectivity index (χ1n) is 7.72. The van der Waals surface area contributed by atoms with E-state index in [1.54, 1.807) is 0 Å². The van der Waals surface area contributed by atoms with E-state index in [-0.39, 0.29) is 17.8 Å². The molecule has 0 spiro atoms. The number of H-pyrrole nitrogens is 1. The number of amides is 3. The quantitative estimate of drug-likeness (QED) is 0.445. The lowest BCUT2D eigenvalue weighted by Crippen LogP contribution is -2.34. The summed E-state index contributed by atoms with van der Waals surface area (Å²) in [6.07, 6.45) is 1.27. The normalized spacial score (nSPS) is 10.9. The molecular formula is C15H16N5O7S-. The Balaban J connectivity index is 1.94. The van der Waals surface area contributed by atoms with Crippen molar-refractivity contribution in [3.8, 4) is 0 Å². The molecule has 0 saturated heterocycles. The van der Waals surface area contributed by atoms with Crippen molar-refractivity contribution in [2.45, 2.75) is 13.5 Å². The topological polar surface area (TPSA) is 182 Å². The second-order valence-electron chi connectivity index (χ2n) is 5.66. The number of aryl methyl sites for hydroxylation is 1. The summed E-state index contributed by atoms with van der Waals surface area (Å²) in [4.78, 5) is 48.6. The zero-order valence-electron chi connectivity index (χ0n) is 14.5. The highest BCUT2D eigenvalue weighted by atomic mass is 32.2. The summed E-state index contributed by atoms with van der Waals surface area (Å²) < 4.78 is 32.4. The Labute approximate surface area is 158 Å². The van der Waals surface area contributed by atoms with Crippen LogP contribution >= 0.6 is 0 Å². The summed E-state index contributed by atoms with van der Waals surface area (Å²) in [5.41, 5.74) is -0.303. The SMILES string of the molecule is Cc1cn(CC(=O)Nc2ccc(NC(=O)NCS(=O)(=O)[O-])cc2)c(=O)[nH]c1=O. The Bertz CT molecular complexity index is 1100. The molecule has 2 aromatic rings. The van der Waals surface area contributed by atoms with Crippen LogP contribution in [-0.2, 0) is 21.5 Å². The average molecular weight is 410 g/mol. The molecule has 13 heteroatoms. The van der Waals surface area contributed by atoms with E-state index in [1.165, 1.54) is 37.4 Å². The fourth-order valence-corrected chi connectivity index (χ4v) is 2.37. The highest BCUT2D eigenvalue weighted by Gasteiger charge is 2.08. The first kappa shape index (κ1) is 20.9. The molecule has 3 amide bonds. The van der Waals surface area contributed by atoms with Gasteiger partial charge in [-0.15, -0.1) is 0 Å². The molecule has 0 saturated carbocycles. The van der Waals surface area contributed by atoms with Crippen molar-refractivity contribution in [2.24, 2.45) is 0 Å². The Kier molecular flexibility index (Phi) is 6.33. The van der Waals surface area contributed by atoms with Crippen LogP contribution in [0.4, 0.5) is 16.2 Å². The van der Waals surface area contributed by atoms with Gasteiger partial charge in [-0.2, -0.15) is 0 Å². The minimum atomic E-state index is -4.58. The van der Waals surface area contributed by atoms with Gasteiger partial charge in [-0.05, 0) is 31.2 Å². The number of rotatable bonds is 6. The molecule has 1 aromatic carbocycles. The van der Waals surface area contributed by atoms with Crippen LogP contribution in [0.25, 0.3) is 0 Å². The molecule has 28 heavy (non-hydrogen) atoms. The molecule has 1 heterocycles. The van der Waals surface area contributed by atoms with Gasteiger partial charge in [0.1, 0.15) is 22.5 Å². The molecule has 1 aromatic heterocycles. The molecular weight excluding hydrogens is 394 g/mol. The summed E-state index contributed by atoms with van der Waals surface area (Å²) in [6, 6.07) is 4.88. The van der Waals surface area contributed by atoms with Gasteiger partial charge in [-0.1, -0.05) is 0 Å². The zero-order valence-corrected chi connectivity index (χ0v) is 15.3. The number of aromatic nitrogens is 2. The number of nitrogens with one attached hydrogen (secondary N) is 4. The van der Waals surface area contributed by atoms with Gasteiger partial charge in [0.05, 0.1) is 0 Å². The maximum Gasteiger partial charge on any atom is 0.328 e. The molecule has 0 aliphatic rings. The van der Waals surface area contributed by atoms with Gasteiger partial charge < -0.3 is 20.5 Å². The summed E-state index contributed by atoms with van der Waals surface area (Å²) >= 11 is 0. The number of anilines is 2. The lowest BCUT2D eigenvalue weighted by atomic mass is 10.3. The Morgan fingerprint density at radius 1 is 1.11 bits per heavy atom. The molecule has 150 valence electrons. The maximum atomic E-state index is 12.0. The van der Waals surface area contributed by atoms with Gasteiger partial charge in [0.25, 0.3) is 5.56 Å². The largest absolute Gasteiger partial charge is 0.747 e. The summed E-state index contributed by atoms with van der Waals surface area (Å²) in [5, 5.41) is 6.73. The van der Waals surface area contributed by atoms with E-state index in [2.05, 4.69) is 15.6 Å². The van der Waals surface area contributed by atoms with Gasteiger partial charge in [0.15, 0.2) is 0 Å². The van der Waals surface area contributed by atoms with Crippen LogP contribution in [-0.4, -0.2) is 40.3 Å². The van der Waals surface area contributed by atoms with Crippen LogP contribution in [0.2, 0.25) is 0 Å².